The zero-order valence-corrected chi connectivity index (χ0v) is 19.3. The van der Waals surface area contributed by atoms with Gasteiger partial charge in [0, 0.05) is 25.0 Å². The number of benzene rings is 1. The van der Waals surface area contributed by atoms with Gasteiger partial charge in [0.1, 0.15) is 23.3 Å². The van der Waals surface area contributed by atoms with Crippen LogP contribution in [-0.2, 0) is 17.5 Å². The maximum Gasteiger partial charge on any atom is 0.433 e. The van der Waals surface area contributed by atoms with Gasteiger partial charge in [0.25, 0.3) is 11.8 Å². The summed E-state index contributed by atoms with van der Waals surface area (Å²) >= 11 is 0. The predicted molar refractivity (Wildman–Crippen MR) is 127 cm³/mol. The second-order valence-electron chi connectivity index (χ2n) is 8.34. The fourth-order valence-electron chi connectivity index (χ4n) is 3.91. The Morgan fingerprint density at radius 1 is 1.19 bits per heavy atom. The van der Waals surface area contributed by atoms with E-state index >= 15 is 0 Å². The van der Waals surface area contributed by atoms with Crippen molar-refractivity contribution in [2.75, 3.05) is 17.2 Å². The first-order valence-corrected chi connectivity index (χ1v) is 11.1. The third-order valence-corrected chi connectivity index (χ3v) is 5.75. The molecule has 4 heterocycles. The van der Waals surface area contributed by atoms with Crippen LogP contribution in [0.2, 0.25) is 0 Å². The monoisotopic (exact) mass is 511 g/mol. The Morgan fingerprint density at radius 3 is 2.84 bits per heavy atom. The van der Waals surface area contributed by atoms with Crippen molar-refractivity contribution in [1.29, 1.82) is 0 Å². The standard InChI is InChI=1S/C24H20F3N7O3/c1-12(14-2-3-17-15(7-14)34-19(35)10-37-17)33-16-9-29-21-20(16)31-11-32-22(21)23(36)30-8-13-4-5-28-18(6-13)24(25,26)27/h2-7,9,11-12,29,33H,8,10H2,1H3,(H,30,36)(H,34,35). The Kier molecular flexibility index (Phi) is 6.11. The van der Waals surface area contributed by atoms with Crippen LogP contribution in [0.5, 0.6) is 5.75 Å². The lowest BCUT2D eigenvalue weighted by Crippen LogP contribution is -2.25. The molecule has 3 aromatic heterocycles. The zero-order valence-electron chi connectivity index (χ0n) is 19.3. The van der Waals surface area contributed by atoms with E-state index in [0.29, 0.717) is 28.2 Å². The zero-order chi connectivity index (χ0) is 26.2. The van der Waals surface area contributed by atoms with Gasteiger partial charge in [-0.1, -0.05) is 6.07 Å². The van der Waals surface area contributed by atoms with Gasteiger partial charge in [0.2, 0.25) is 0 Å². The van der Waals surface area contributed by atoms with E-state index in [1.807, 2.05) is 19.1 Å². The van der Waals surface area contributed by atoms with Crippen LogP contribution in [-0.4, -0.2) is 38.4 Å². The number of alkyl halides is 3. The molecule has 0 saturated heterocycles. The molecule has 4 N–H and O–H groups in total. The van der Waals surface area contributed by atoms with E-state index in [9.17, 15) is 22.8 Å². The van der Waals surface area contributed by atoms with Gasteiger partial charge in [-0.05, 0) is 42.3 Å². The minimum atomic E-state index is -4.58. The van der Waals surface area contributed by atoms with E-state index in [1.54, 1.807) is 12.3 Å². The van der Waals surface area contributed by atoms with Crippen molar-refractivity contribution in [3.63, 3.8) is 0 Å². The number of amides is 2. The Labute approximate surface area is 207 Å². The number of rotatable bonds is 6. The van der Waals surface area contributed by atoms with E-state index < -0.39 is 17.8 Å². The lowest BCUT2D eigenvalue weighted by Gasteiger charge is -2.21. The molecule has 4 aromatic rings. The van der Waals surface area contributed by atoms with Crippen LogP contribution >= 0.6 is 0 Å². The van der Waals surface area contributed by atoms with Crippen LogP contribution in [0.25, 0.3) is 11.0 Å². The SMILES string of the molecule is CC(Nc1c[nH]c2c(C(=O)NCc3ccnc(C(F)(F)F)c3)ncnc12)c1ccc2c(c1)NC(=O)CO2. The minimum Gasteiger partial charge on any atom is -0.482 e. The highest BCUT2D eigenvalue weighted by Gasteiger charge is 2.32. The van der Waals surface area contributed by atoms with Crippen molar-refractivity contribution < 1.29 is 27.5 Å². The smallest absolute Gasteiger partial charge is 0.433 e. The van der Waals surface area contributed by atoms with Gasteiger partial charge >= 0.3 is 6.18 Å². The summed E-state index contributed by atoms with van der Waals surface area (Å²) in [5.74, 6) is -0.216. The maximum atomic E-state index is 12.9. The molecule has 13 heteroatoms. The molecule has 37 heavy (non-hydrogen) atoms. The van der Waals surface area contributed by atoms with Gasteiger partial charge in [-0.25, -0.2) is 9.97 Å². The van der Waals surface area contributed by atoms with Gasteiger partial charge in [0.05, 0.1) is 16.9 Å². The summed E-state index contributed by atoms with van der Waals surface area (Å²) in [6.07, 6.45) is -0.652. The largest absolute Gasteiger partial charge is 0.482 e. The Bertz CT molecular complexity index is 1500. The molecule has 0 aliphatic carbocycles. The summed E-state index contributed by atoms with van der Waals surface area (Å²) in [5, 5.41) is 8.68. The third-order valence-electron chi connectivity index (χ3n) is 5.75. The van der Waals surface area contributed by atoms with Crippen molar-refractivity contribution >= 4 is 34.2 Å². The number of halogens is 3. The summed E-state index contributed by atoms with van der Waals surface area (Å²) in [4.78, 5) is 39.1. The molecule has 10 nitrogen and oxygen atoms in total. The lowest BCUT2D eigenvalue weighted by atomic mass is 10.1. The normalized spacial score (nSPS) is 13.9. The van der Waals surface area contributed by atoms with E-state index in [2.05, 4.69) is 35.9 Å². The van der Waals surface area contributed by atoms with Crippen LogP contribution in [0.4, 0.5) is 24.5 Å². The first kappa shape index (κ1) is 24.0. The summed E-state index contributed by atoms with van der Waals surface area (Å²) in [7, 11) is 0. The molecule has 0 bridgehead atoms. The topological polar surface area (TPSA) is 134 Å². The third kappa shape index (κ3) is 5.01. The highest BCUT2D eigenvalue weighted by atomic mass is 19.4. The average molecular weight is 511 g/mol. The number of hydrogen-bond donors (Lipinski definition) is 4. The Morgan fingerprint density at radius 2 is 2.03 bits per heavy atom. The van der Waals surface area contributed by atoms with Crippen LogP contribution in [0.1, 0.15) is 40.3 Å². The van der Waals surface area contributed by atoms with Crippen molar-refractivity contribution in [2.45, 2.75) is 25.7 Å². The first-order valence-electron chi connectivity index (χ1n) is 11.1. The molecular weight excluding hydrogens is 491 g/mol. The molecule has 2 amide bonds. The molecule has 5 rings (SSSR count). The van der Waals surface area contributed by atoms with Gasteiger partial charge < -0.3 is 25.7 Å². The van der Waals surface area contributed by atoms with Crippen molar-refractivity contribution in [1.82, 2.24) is 25.3 Å². The van der Waals surface area contributed by atoms with Gasteiger partial charge in [-0.15, -0.1) is 0 Å². The van der Waals surface area contributed by atoms with Gasteiger partial charge in [0.15, 0.2) is 12.3 Å². The molecule has 0 radical (unpaired) electrons. The number of pyridine rings is 1. The quantitative estimate of drug-likeness (QED) is 0.309. The van der Waals surface area contributed by atoms with Gasteiger partial charge in [-0.2, -0.15) is 13.2 Å². The minimum absolute atomic E-state index is 0.0255. The second kappa shape index (κ2) is 9.41. The van der Waals surface area contributed by atoms with Crippen molar-refractivity contribution in [3.8, 4) is 5.75 Å². The van der Waals surface area contributed by atoms with E-state index in [1.165, 1.54) is 12.4 Å². The number of nitrogens with one attached hydrogen (secondary N) is 4. The fraction of sp³-hybridized carbons (Fsp3) is 0.208. The molecule has 1 aromatic carbocycles. The highest BCUT2D eigenvalue weighted by molar-refractivity contribution is 6.05. The van der Waals surface area contributed by atoms with Crippen molar-refractivity contribution in [3.05, 3.63) is 71.6 Å². The number of carbonyl (C=O) groups excluding carboxylic acids is 2. The number of carbonyl (C=O) groups is 2. The number of aromatic nitrogens is 4. The number of hydrogen-bond acceptors (Lipinski definition) is 7. The summed E-state index contributed by atoms with van der Waals surface area (Å²) in [5.41, 5.74) is 2.16. The maximum absolute atomic E-state index is 12.9. The molecule has 0 spiro atoms. The number of aromatic amines is 1. The second-order valence-corrected chi connectivity index (χ2v) is 8.34. The van der Waals surface area contributed by atoms with Crippen LogP contribution in [0.3, 0.4) is 0 Å². The molecule has 0 fully saturated rings. The van der Waals surface area contributed by atoms with Crippen molar-refractivity contribution in [2.24, 2.45) is 0 Å². The molecule has 1 unspecified atom stereocenters. The molecular formula is C24H20F3N7O3. The van der Waals surface area contributed by atoms with Crippen LogP contribution in [0.15, 0.2) is 49.1 Å². The van der Waals surface area contributed by atoms with Crippen LogP contribution in [0, 0.1) is 0 Å². The Balaban J connectivity index is 1.31. The number of fused-ring (bicyclic) bond motifs is 2. The lowest BCUT2D eigenvalue weighted by molar-refractivity contribution is -0.141. The van der Waals surface area contributed by atoms with E-state index in [0.717, 1.165) is 17.8 Å². The van der Waals surface area contributed by atoms with Crippen LogP contribution < -0.4 is 20.7 Å². The van der Waals surface area contributed by atoms with Gasteiger partial charge in [-0.3, -0.25) is 14.6 Å². The first-order chi connectivity index (χ1) is 17.7. The number of H-pyrrole nitrogens is 1. The fourth-order valence-corrected chi connectivity index (χ4v) is 3.91. The molecule has 1 atom stereocenters. The average Bonchev–Trinajstić information content (AvgIpc) is 3.29. The molecule has 190 valence electrons. The summed E-state index contributed by atoms with van der Waals surface area (Å²) in [6, 6.07) is 7.54. The van der Waals surface area contributed by atoms with E-state index in [4.69, 9.17) is 4.74 Å². The predicted octanol–water partition coefficient (Wildman–Crippen LogP) is 3.81. The molecule has 1 aliphatic rings. The number of nitrogens with zero attached hydrogens (tertiary/aromatic N) is 3. The molecule has 0 saturated carbocycles. The summed E-state index contributed by atoms with van der Waals surface area (Å²) < 4.78 is 44.1. The summed E-state index contributed by atoms with van der Waals surface area (Å²) in [6.45, 7) is 1.75. The number of ether oxygens (including phenoxy) is 1. The van der Waals surface area contributed by atoms with E-state index in [-0.39, 0.29) is 36.4 Å². The molecule has 1 aliphatic heterocycles. The highest BCUT2D eigenvalue weighted by Crippen LogP contribution is 2.33. The Hall–Kier alpha value is -4.68. The number of anilines is 2.